The van der Waals surface area contributed by atoms with E-state index in [0.29, 0.717) is 41.8 Å². The third-order valence-corrected chi connectivity index (χ3v) is 5.52. The van der Waals surface area contributed by atoms with Gasteiger partial charge in [0.1, 0.15) is 5.00 Å². The molecule has 0 radical (unpaired) electrons. The van der Waals surface area contributed by atoms with Crippen LogP contribution in [0.25, 0.3) is 6.08 Å². The lowest BCUT2D eigenvalue weighted by atomic mass is 10.1. The Hall–Kier alpha value is -2.51. The smallest absolute Gasteiger partial charge is 0.410 e. The molecule has 0 fully saturated rings. The molecule has 6 nitrogen and oxygen atoms in total. The molecule has 0 bridgehead atoms. The molecular formula is C19H20ClN3O3S. The van der Waals surface area contributed by atoms with Crippen molar-refractivity contribution in [2.75, 3.05) is 24.2 Å². The lowest BCUT2D eigenvalue weighted by Gasteiger charge is -2.26. The molecule has 2 heterocycles. The average molecular weight is 406 g/mol. The van der Waals surface area contributed by atoms with Gasteiger partial charge in [0.2, 0.25) is 5.91 Å². The fourth-order valence-corrected chi connectivity index (χ4v) is 4.21. The molecule has 1 aromatic carbocycles. The normalized spacial score (nSPS) is 13.5. The molecule has 3 N–H and O–H groups in total. The second kappa shape index (κ2) is 8.45. The quantitative estimate of drug-likeness (QED) is 0.748. The number of thiophene rings is 1. The van der Waals surface area contributed by atoms with Crippen molar-refractivity contribution in [2.45, 2.75) is 19.9 Å². The van der Waals surface area contributed by atoms with E-state index in [-0.39, 0.29) is 12.0 Å². The van der Waals surface area contributed by atoms with Gasteiger partial charge in [0, 0.05) is 22.5 Å². The predicted octanol–water partition coefficient (Wildman–Crippen LogP) is 4.15. The molecule has 3 rings (SSSR count). The largest absolute Gasteiger partial charge is 0.450 e. The summed E-state index contributed by atoms with van der Waals surface area (Å²) < 4.78 is 5.05. The van der Waals surface area contributed by atoms with E-state index >= 15 is 0 Å². The number of carbonyl (C=O) groups is 2. The number of benzene rings is 1. The molecule has 0 aliphatic carbocycles. The van der Waals surface area contributed by atoms with Gasteiger partial charge >= 0.3 is 6.09 Å². The predicted molar refractivity (Wildman–Crippen MR) is 109 cm³/mol. The molecule has 0 saturated heterocycles. The van der Waals surface area contributed by atoms with Crippen LogP contribution in [0.4, 0.5) is 15.5 Å². The number of hydrogen-bond acceptors (Lipinski definition) is 5. The molecule has 1 aliphatic heterocycles. The summed E-state index contributed by atoms with van der Waals surface area (Å²) in [5, 5.41) is 4.03. The Morgan fingerprint density at radius 1 is 1.44 bits per heavy atom. The fraction of sp³-hybridized carbons (Fsp3) is 0.263. The molecule has 142 valence electrons. The Kier molecular flexibility index (Phi) is 6.03. The highest BCUT2D eigenvalue weighted by Crippen LogP contribution is 2.39. The van der Waals surface area contributed by atoms with Crippen molar-refractivity contribution in [3.8, 4) is 0 Å². The van der Waals surface area contributed by atoms with Gasteiger partial charge in [-0.1, -0.05) is 23.7 Å². The van der Waals surface area contributed by atoms with Crippen LogP contribution < -0.4 is 11.1 Å². The van der Waals surface area contributed by atoms with Crippen LogP contribution in [0.5, 0.6) is 0 Å². The Labute approximate surface area is 166 Å². The van der Waals surface area contributed by atoms with E-state index in [9.17, 15) is 9.59 Å². The number of nitrogens with zero attached hydrogens (tertiary/aromatic N) is 1. The summed E-state index contributed by atoms with van der Waals surface area (Å²) in [5.41, 5.74) is 8.60. The molecule has 0 unspecified atom stereocenters. The van der Waals surface area contributed by atoms with Gasteiger partial charge in [-0.2, -0.15) is 0 Å². The molecular weight excluding hydrogens is 386 g/mol. The zero-order chi connectivity index (χ0) is 19.4. The number of halogens is 1. The number of rotatable bonds is 4. The molecule has 8 heteroatoms. The number of amides is 2. The lowest BCUT2D eigenvalue weighted by molar-refractivity contribution is -0.111. The number of ether oxygens (including phenoxy) is 1. The van der Waals surface area contributed by atoms with Gasteiger partial charge in [0.15, 0.2) is 0 Å². The first-order valence-corrected chi connectivity index (χ1v) is 9.73. The first-order valence-electron chi connectivity index (χ1n) is 8.54. The van der Waals surface area contributed by atoms with E-state index < -0.39 is 0 Å². The van der Waals surface area contributed by atoms with Gasteiger partial charge in [-0.25, -0.2) is 4.79 Å². The van der Waals surface area contributed by atoms with Gasteiger partial charge in [-0.3, -0.25) is 4.79 Å². The van der Waals surface area contributed by atoms with E-state index in [1.807, 2.05) is 12.1 Å². The molecule has 1 aliphatic rings. The van der Waals surface area contributed by atoms with Gasteiger partial charge in [-0.05, 0) is 42.7 Å². The maximum atomic E-state index is 12.2. The minimum absolute atomic E-state index is 0.275. The van der Waals surface area contributed by atoms with Crippen LogP contribution in [-0.4, -0.2) is 30.1 Å². The Balaban J connectivity index is 1.68. The van der Waals surface area contributed by atoms with Crippen LogP contribution in [0.2, 0.25) is 5.02 Å². The topological polar surface area (TPSA) is 84.7 Å². The van der Waals surface area contributed by atoms with Gasteiger partial charge in [0.25, 0.3) is 0 Å². The van der Waals surface area contributed by atoms with Crippen LogP contribution >= 0.6 is 22.9 Å². The summed E-state index contributed by atoms with van der Waals surface area (Å²) in [6, 6.07) is 7.22. The fourth-order valence-electron chi connectivity index (χ4n) is 2.83. The summed E-state index contributed by atoms with van der Waals surface area (Å²) in [6.45, 7) is 3.11. The van der Waals surface area contributed by atoms with Crippen LogP contribution in [0.3, 0.4) is 0 Å². The SMILES string of the molecule is CCOC(=O)N1CCc2c(sc(NC(=O)/C=C/c3cccc(Cl)c3)c2N)C1. The Morgan fingerprint density at radius 3 is 3.00 bits per heavy atom. The Bertz CT molecular complexity index is 894. The number of fused-ring (bicyclic) bond motifs is 1. The second-order valence-electron chi connectivity index (χ2n) is 5.99. The number of nitrogen functional groups attached to an aromatic ring is 1. The highest BCUT2D eigenvalue weighted by Gasteiger charge is 2.26. The van der Waals surface area contributed by atoms with Gasteiger partial charge < -0.3 is 20.7 Å². The third kappa shape index (κ3) is 4.61. The maximum absolute atomic E-state index is 12.2. The van der Waals surface area contributed by atoms with Crippen molar-refractivity contribution < 1.29 is 14.3 Å². The second-order valence-corrected chi connectivity index (χ2v) is 7.54. The zero-order valence-electron chi connectivity index (χ0n) is 14.8. The van der Waals surface area contributed by atoms with Crippen molar-refractivity contribution in [1.82, 2.24) is 4.90 Å². The highest BCUT2D eigenvalue weighted by molar-refractivity contribution is 7.17. The standard InChI is InChI=1S/C19H20ClN3O3S/c1-2-26-19(25)23-9-8-14-15(11-23)27-18(17(14)21)22-16(24)7-6-12-4-3-5-13(20)10-12/h3-7,10H,2,8-9,11,21H2,1H3,(H,22,24)/b7-6+. The van der Waals surface area contributed by atoms with E-state index in [1.165, 1.54) is 17.4 Å². The number of nitrogens with two attached hydrogens (primary N) is 1. The Morgan fingerprint density at radius 2 is 2.26 bits per heavy atom. The summed E-state index contributed by atoms with van der Waals surface area (Å²) in [7, 11) is 0. The number of hydrogen-bond donors (Lipinski definition) is 2. The highest BCUT2D eigenvalue weighted by atomic mass is 35.5. The van der Waals surface area contributed by atoms with Crippen molar-refractivity contribution in [1.29, 1.82) is 0 Å². The van der Waals surface area contributed by atoms with E-state index in [2.05, 4.69) is 5.32 Å². The number of nitrogens with one attached hydrogen (secondary N) is 1. The maximum Gasteiger partial charge on any atom is 0.410 e. The van der Waals surface area contributed by atoms with Crippen LogP contribution in [-0.2, 0) is 22.5 Å². The molecule has 2 amide bonds. The van der Waals surface area contributed by atoms with Crippen molar-refractivity contribution in [2.24, 2.45) is 0 Å². The molecule has 1 aromatic heterocycles. The number of carbonyl (C=O) groups excluding carboxylic acids is 2. The molecule has 27 heavy (non-hydrogen) atoms. The first-order chi connectivity index (χ1) is 13.0. The van der Waals surface area contributed by atoms with E-state index in [4.69, 9.17) is 22.1 Å². The number of anilines is 2. The van der Waals surface area contributed by atoms with Crippen LogP contribution in [0.1, 0.15) is 22.9 Å². The van der Waals surface area contributed by atoms with Crippen molar-refractivity contribution >= 4 is 51.7 Å². The lowest BCUT2D eigenvalue weighted by Crippen LogP contribution is -2.35. The summed E-state index contributed by atoms with van der Waals surface area (Å²) in [6.07, 6.45) is 3.44. The first kappa shape index (κ1) is 19.3. The van der Waals surface area contributed by atoms with Crippen LogP contribution in [0, 0.1) is 0 Å². The third-order valence-electron chi connectivity index (χ3n) is 4.14. The zero-order valence-corrected chi connectivity index (χ0v) is 16.4. The van der Waals surface area contributed by atoms with E-state index in [0.717, 1.165) is 16.0 Å². The molecule has 2 aromatic rings. The minimum atomic E-state index is -0.329. The average Bonchev–Trinajstić information content (AvgIpc) is 2.95. The summed E-state index contributed by atoms with van der Waals surface area (Å²) in [5.74, 6) is -0.275. The summed E-state index contributed by atoms with van der Waals surface area (Å²) in [4.78, 5) is 26.8. The molecule has 0 atom stereocenters. The minimum Gasteiger partial charge on any atom is -0.450 e. The van der Waals surface area contributed by atoms with E-state index in [1.54, 1.807) is 30.0 Å². The van der Waals surface area contributed by atoms with Gasteiger partial charge in [0.05, 0.1) is 18.8 Å². The van der Waals surface area contributed by atoms with Crippen molar-refractivity contribution in [3.05, 3.63) is 51.4 Å². The molecule has 0 spiro atoms. The monoisotopic (exact) mass is 405 g/mol. The van der Waals surface area contributed by atoms with Gasteiger partial charge in [-0.15, -0.1) is 11.3 Å². The summed E-state index contributed by atoms with van der Waals surface area (Å²) >= 11 is 7.33. The van der Waals surface area contributed by atoms with Crippen molar-refractivity contribution in [3.63, 3.8) is 0 Å². The molecule has 0 saturated carbocycles. The van der Waals surface area contributed by atoms with Crippen LogP contribution in [0.15, 0.2) is 30.3 Å².